The van der Waals surface area contributed by atoms with Gasteiger partial charge in [-0.2, -0.15) is 0 Å². The summed E-state index contributed by atoms with van der Waals surface area (Å²) in [5, 5.41) is 0. The molecule has 0 spiro atoms. The number of alkyl halides is 2. The van der Waals surface area contributed by atoms with Gasteiger partial charge in [-0.15, -0.1) is 0 Å². The SMILES string of the molecule is CC(C(N)=O)(C1CCC1)C1CC(F)(F)C1. The standard InChI is InChI=1S/C11H17F2NO/c1-10(9(14)15,7-3-2-4-7)8-5-11(12,13)6-8/h7-8H,2-6H2,1H3,(H2,14,15). The molecule has 2 aliphatic rings. The quantitative estimate of drug-likeness (QED) is 0.774. The lowest BCUT2D eigenvalue weighted by Gasteiger charge is -2.51. The van der Waals surface area contributed by atoms with Crippen molar-refractivity contribution in [1.29, 1.82) is 0 Å². The third-order valence-corrected chi connectivity index (χ3v) is 4.42. The van der Waals surface area contributed by atoms with Crippen molar-refractivity contribution in [3.63, 3.8) is 0 Å². The van der Waals surface area contributed by atoms with Crippen LogP contribution in [0.4, 0.5) is 8.78 Å². The third kappa shape index (κ3) is 1.54. The molecule has 0 aromatic rings. The van der Waals surface area contributed by atoms with Crippen LogP contribution in [0.15, 0.2) is 0 Å². The van der Waals surface area contributed by atoms with Gasteiger partial charge in [0.25, 0.3) is 0 Å². The number of hydrogen-bond acceptors (Lipinski definition) is 1. The van der Waals surface area contributed by atoms with Gasteiger partial charge in [0, 0.05) is 12.8 Å². The van der Waals surface area contributed by atoms with Crippen LogP contribution in [0.2, 0.25) is 0 Å². The summed E-state index contributed by atoms with van der Waals surface area (Å²) in [6.45, 7) is 1.78. The number of primary amides is 1. The summed E-state index contributed by atoms with van der Waals surface area (Å²) in [4.78, 5) is 11.5. The van der Waals surface area contributed by atoms with Crippen molar-refractivity contribution >= 4 is 5.91 Å². The highest BCUT2D eigenvalue weighted by Gasteiger charge is 2.58. The van der Waals surface area contributed by atoms with Crippen LogP contribution in [0.3, 0.4) is 0 Å². The second-order valence-corrected chi connectivity index (χ2v) is 5.24. The molecule has 2 rings (SSSR count). The summed E-state index contributed by atoms with van der Waals surface area (Å²) in [5.74, 6) is -2.94. The average molecular weight is 217 g/mol. The Morgan fingerprint density at radius 3 is 2.13 bits per heavy atom. The van der Waals surface area contributed by atoms with Crippen molar-refractivity contribution in [2.45, 2.75) is 45.0 Å². The number of halogens is 2. The molecule has 2 saturated carbocycles. The summed E-state index contributed by atoms with van der Waals surface area (Å²) in [5.41, 5.74) is 4.70. The van der Waals surface area contributed by atoms with Gasteiger partial charge >= 0.3 is 0 Å². The minimum Gasteiger partial charge on any atom is -0.369 e. The summed E-state index contributed by atoms with van der Waals surface area (Å²) in [6.07, 6.45) is 2.69. The first-order valence-corrected chi connectivity index (χ1v) is 5.54. The van der Waals surface area contributed by atoms with E-state index in [1.807, 2.05) is 0 Å². The minimum atomic E-state index is -2.56. The second-order valence-electron chi connectivity index (χ2n) is 5.24. The van der Waals surface area contributed by atoms with Crippen molar-refractivity contribution in [2.24, 2.45) is 23.0 Å². The maximum atomic E-state index is 12.8. The molecular weight excluding hydrogens is 200 g/mol. The molecule has 1 amide bonds. The molecule has 86 valence electrons. The fraction of sp³-hybridized carbons (Fsp3) is 0.909. The Labute approximate surface area is 88.2 Å². The van der Waals surface area contributed by atoms with Crippen LogP contribution in [-0.4, -0.2) is 11.8 Å². The molecule has 0 aromatic heterocycles. The summed E-state index contributed by atoms with van der Waals surface area (Å²) in [7, 11) is 0. The van der Waals surface area contributed by atoms with E-state index >= 15 is 0 Å². The number of carbonyl (C=O) groups is 1. The van der Waals surface area contributed by atoms with E-state index in [1.165, 1.54) is 0 Å². The molecule has 0 bridgehead atoms. The van der Waals surface area contributed by atoms with Crippen LogP contribution in [0.5, 0.6) is 0 Å². The van der Waals surface area contributed by atoms with E-state index in [2.05, 4.69) is 0 Å². The zero-order valence-electron chi connectivity index (χ0n) is 8.93. The molecule has 2 fully saturated rings. The van der Waals surface area contributed by atoms with E-state index in [0.717, 1.165) is 19.3 Å². The smallest absolute Gasteiger partial charge is 0.248 e. The first kappa shape index (κ1) is 10.8. The van der Waals surface area contributed by atoms with Crippen LogP contribution in [-0.2, 0) is 4.79 Å². The monoisotopic (exact) mass is 217 g/mol. The van der Waals surface area contributed by atoms with Crippen molar-refractivity contribution in [1.82, 2.24) is 0 Å². The molecule has 0 aromatic carbocycles. The summed E-state index contributed by atoms with van der Waals surface area (Å²) < 4.78 is 25.6. The van der Waals surface area contributed by atoms with Crippen LogP contribution < -0.4 is 5.73 Å². The van der Waals surface area contributed by atoms with Crippen LogP contribution in [0.1, 0.15) is 39.0 Å². The Bertz CT molecular complexity index is 280. The summed E-state index contributed by atoms with van der Waals surface area (Å²) >= 11 is 0. The highest BCUT2D eigenvalue weighted by Crippen LogP contribution is 2.57. The van der Waals surface area contributed by atoms with Crippen molar-refractivity contribution in [2.75, 3.05) is 0 Å². The molecule has 15 heavy (non-hydrogen) atoms. The van der Waals surface area contributed by atoms with Gasteiger partial charge in [0.2, 0.25) is 11.8 Å². The Balaban J connectivity index is 2.10. The molecule has 2 N–H and O–H groups in total. The van der Waals surface area contributed by atoms with Crippen molar-refractivity contribution in [3.8, 4) is 0 Å². The number of hydrogen-bond donors (Lipinski definition) is 1. The zero-order chi connectivity index (χ0) is 11.3. The van der Waals surface area contributed by atoms with E-state index in [-0.39, 0.29) is 24.7 Å². The Kier molecular flexibility index (Phi) is 2.28. The van der Waals surface area contributed by atoms with Gasteiger partial charge < -0.3 is 5.73 Å². The molecule has 0 aliphatic heterocycles. The lowest BCUT2D eigenvalue weighted by Crippen LogP contribution is -2.55. The largest absolute Gasteiger partial charge is 0.369 e. The van der Waals surface area contributed by atoms with Crippen molar-refractivity contribution in [3.05, 3.63) is 0 Å². The van der Waals surface area contributed by atoms with Crippen LogP contribution >= 0.6 is 0 Å². The molecule has 0 radical (unpaired) electrons. The second kappa shape index (κ2) is 3.16. The first-order chi connectivity index (χ1) is 6.86. The topological polar surface area (TPSA) is 43.1 Å². The lowest BCUT2D eigenvalue weighted by atomic mass is 9.54. The average Bonchev–Trinajstić information content (AvgIpc) is 1.95. The Morgan fingerprint density at radius 1 is 1.33 bits per heavy atom. The fourth-order valence-corrected chi connectivity index (χ4v) is 2.83. The van der Waals surface area contributed by atoms with E-state index in [9.17, 15) is 13.6 Å². The van der Waals surface area contributed by atoms with Gasteiger partial charge in [-0.1, -0.05) is 13.3 Å². The highest BCUT2D eigenvalue weighted by atomic mass is 19.3. The predicted molar refractivity (Wildman–Crippen MR) is 52.3 cm³/mol. The number of amides is 1. The molecule has 4 heteroatoms. The van der Waals surface area contributed by atoms with E-state index in [1.54, 1.807) is 6.92 Å². The van der Waals surface area contributed by atoms with Crippen molar-refractivity contribution < 1.29 is 13.6 Å². The van der Waals surface area contributed by atoms with E-state index in [4.69, 9.17) is 5.73 Å². The van der Waals surface area contributed by atoms with Gasteiger partial charge in [0.15, 0.2) is 0 Å². The predicted octanol–water partition coefficient (Wildman–Crippen LogP) is 2.32. The van der Waals surface area contributed by atoms with Gasteiger partial charge in [-0.05, 0) is 24.7 Å². The maximum Gasteiger partial charge on any atom is 0.248 e. The number of carbonyl (C=O) groups excluding carboxylic acids is 1. The minimum absolute atomic E-state index is 0.164. The molecular formula is C11H17F2NO. The summed E-state index contributed by atoms with van der Waals surface area (Å²) in [6, 6.07) is 0. The van der Waals surface area contributed by atoms with Gasteiger partial charge in [-0.3, -0.25) is 4.79 Å². The molecule has 1 atom stereocenters. The zero-order valence-corrected chi connectivity index (χ0v) is 8.93. The molecule has 2 aliphatic carbocycles. The molecule has 0 heterocycles. The first-order valence-electron chi connectivity index (χ1n) is 5.54. The fourth-order valence-electron chi connectivity index (χ4n) is 2.83. The molecule has 0 saturated heterocycles. The highest BCUT2D eigenvalue weighted by molar-refractivity contribution is 5.81. The van der Waals surface area contributed by atoms with Crippen LogP contribution in [0, 0.1) is 17.3 Å². The van der Waals surface area contributed by atoms with E-state index in [0.29, 0.717) is 0 Å². The Hall–Kier alpha value is -0.670. The van der Waals surface area contributed by atoms with Gasteiger partial charge in [-0.25, -0.2) is 8.78 Å². The number of rotatable bonds is 3. The van der Waals surface area contributed by atoms with Crippen LogP contribution in [0.25, 0.3) is 0 Å². The maximum absolute atomic E-state index is 12.8. The molecule has 2 nitrogen and oxygen atoms in total. The van der Waals surface area contributed by atoms with E-state index < -0.39 is 17.2 Å². The van der Waals surface area contributed by atoms with Gasteiger partial charge in [0.05, 0.1) is 5.41 Å². The molecule has 1 unspecified atom stereocenters. The number of nitrogens with two attached hydrogens (primary N) is 1. The Morgan fingerprint density at radius 2 is 1.87 bits per heavy atom. The third-order valence-electron chi connectivity index (χ3n) is 4.42. The lowest BCUT2D eigenvalue weighted by molar-refractivity contribution is -0.173. The van der Waals surface area contributed by atoms with Gasteiger partial charge in [0.1, 0.15) is 0 Å². The normalized spacial score (nSPS) is 30.1.